The largest absolute Gasteiger partial charge is 0.495 e. The Bertz CT molecular complexity index is 855. The number of likely N-dealkylation sites (tertiary alicyclic amines) is 1. The molecule has 1 N–H and O–H groups in total. The third-order valence-electron chi connectivity index (χ3n) is 5.56. The van der Waals surface area contributed by atoms with Gasteiger partial charge in [0.15, 0.2) is 6.61 Å². The van der Waals surface area contributed by atoms with Crippen LogP contribution in [0, 0.1) is 11.8 Å². The molecule has 3 amide bonds. The van der Waals surface area contributed by atoms with Gasteiger partial charge in [0.05, 0.1) is 24.0 Å². The molecule has 3 unspecified atom stereocenters. The van der Waals surface area contributed by atoms with Crippen molar-refractivity contribution in [3.63, 3.8) is 0 Å². The fraction of sp³-hybridized carbons (Fsp3) is 0.524. The first-order valence-corrected chi connectivity index (χ1v) is 11.8. The van der Waals surface area contributed by atoms with Crippen molar-refractivity contribution >= 4 is 52.7 Å². The van der Waals surface area contributed by atoms with Gasteiger partial charge in [-0.05, 0) is 37.3 Å². The minimum atomic E-state index is -1.04. The first-order valence-electron chi connectivity index (χ1n) is 10.0. The Morgan fingerprint density at radius 2 is 1.87 bits per heavy atom. The first kappa shape index (κ1) is 23.4. The quantitative estimate of drug-likeness (QED) is 0.462. The zero-order valence-corrected chi connectivity index (χ0v) is 19.0. The summed E-state index contributed by atoms with van der Waals surface area (Å²) in [6, 6.07) is 3.68. The van der Waals surface area contributed by atoms with Gasteiger partial charge >= 0.3 is 5.97 Å². The smallest absolute Gasteiger partial charge is 0.330 e. The minimum absolute atomic E-state index is 0.214. The molecule has 0 radical (unpaired) electrons. The second-order valence-corrected chi connectivity index (χ2v) is 8.84. The molecule has 0 spiro atoms. The molecular formula is C21H25ClN2O6S. The van der Waals surface area contributed by atoms with E-state index in [0.717, 1.165) is 17.7 Å². The second kappa shape index (κ2) is 10.4. The van der Waals surface area contributed by atoms with Crippen LogP contribution >= 0.6 is 23.4 Å². The standard InChI is InChI=1S/C21H25ClN2O6S/c1-29-17-8-7-12(9-15(17)22)23-18(25)10-30-21(28)16(11-31-2)24-19(26)13-5-3-4-6-14(13)20(24)27/h7-9,13-14,16H,3-6,10-11H2,1-2H3,(H,23,25). The highest BCUT2D eigenvalue weighted by Crippen LogP contribution is 2.39. The predicted molar refractivity (Wildman–Crippen MR) is 117 cm³/mol. The number of carbonyl (C=O) groups excluding carboxylic acids is 4. The summed E-state index contributed by atoms with van der Waals surface area (Å²) >= 11 is 7.37. The third-order valence-corrected chi connectivity index (χ3v) is 6.51. The Morgan fingerprint density at radius 3 is 2.42 bits per heavy atom. The maximum atomic E-state index is 12.8. The van der Waals surface area contributed by atoms with Crippen LogP contribution in [-0.4, -0.2) is 60.4 Å². The molecular weight excluding hydrogens is 444 g/mol. The summed E-state index contributed by atoms with van der Waals surface area (Å²) in [5.74, 6) is -1.95. The molecule has 168 valence electrons. The van der Waals surface area contributed by atoms with Crippen molar-refractivity contribution in [2.75, 3.05) is 31.0 Å². The number of methoxy groups -OCH3 is 1. The number of amides is 3. The van der Waals surface area contributed by atoms with E-state index in [1.165, 1.54) is 24.9 Å². The number of halogens is 1. The van der Waals surface area contributed by atoms with Crippen LogP contribution in [0.2, 0.25) is 5.02 Å². The van der Waals surface area contributed by atoms with Gasteiger partial charge in [-0.3, -0.25) is 19.3 Å². The molecule has 1 heterocycles. The Morgan fingerprint density at radius 1 is 1.23 bits per heavy atom. The monoisotopic (exact) mass is 468 g/mol. The summed E-state index contributed by atoms with van der Waals surface area (Å²) in [7, 11) is 1.48. The van der Waals surface area contributed by atoms with Crippen LogP contribution in [0.5, 0.6) is 5.75 Å². The number of nitrogens with one attached hydrogen (secondary N) is 1. The van der Waals surface area contributed by atoms with Crippen LogP contribution in [0.1, 0.15) is 25.7 Å². The molecule has 2 fully saturated rings. The molecule has 31 heavy (non-hydrogen) atoms. The molecule has 1 aliphatic carbocycles. The number of imide groups is 1. The normalized spacial score (nSPS) is 21.5. The third kappa shape index (κ3) is 5.15. The lowest BCUT2D eigenvalue weighted by Gasteiger charge is -2.24. The van der Waals surface area contributed by atoms with Gasteiger partial charge in [0.2, 0.25) is 11.8 Å². The summed E-state index contributed by atoms with van der Waals surface area (Å²) in [6.45, 7) is -0.545. The zero-order valence-electron chi connectivity index (χ0n) is 17.4. The molecule has 0 aromatic heterocycles. The maximum absolute atomic E-state index is 12.8. The Balaban J connectivity index is 1.61. The molecule has 1 aromatic rings. The van der Waals surface area contributed by atoms with Gasteiger partial charge < -0.3 is 14.8 Å². The number of carbonyl (C=O) groups is 4. The Labute approximate surface area is 190 Å². The molecule has 10 heteroatoms. The van der Waals surface area contributed by atoms with E-state index in [9.17, 15) is 19.2 Å². The van der Waals surface area contributed by atoms with E-state index in [1.54, 1.807) is 18.4 Å². The lowest BCUT2D eigenvalue weighted by Crippen LogP contribution is -2.48. The molecule has 1 aliphatic heterocycles. The summed E-state index contributed by atoms with van der Waals surface area (Å²) in [5, 5.41) is 2.90. The number of benzene rings is 1. The first-order chi connectivity index (χ1) is 14.9. The zero-order chi connectivity index (χ0) is 22.5. The summed E-state index contributed by atoms with van der Waals surface area (Å²) < 4.78 is 10.2. The fourth-order valence-electron chi connectivity index (χ4n) is 4.08. The lowest BCUT2D eigenvalue weighted by atomic mass is 9.81. The van der Waals surface area contributed by atoms with Gasteiger partial charge in [-0.2, -0.15) is 11.8 Å². The van der Waals surface area contributed by atoms with Crippen molar-refractivity contribution in [2.24, 2.45) is 11.8 Å². The molecule has 1 saturated carbocycles. The molecule has 0 bridgehead atoms. The van der Waals surface area contributed by atoms with Crippen molar-refractivity contribution in [3.8, 4) is 5.75 Å². The number of hydrogen-bond acceptors (Lipinski definition) is 7. The molecule has 1 saturated heterocycles. The van der Waals surface area contributed by atoms with Crippen LogP contribution in [0.25, 0.3) is 0 Å². The van der Waals surface area contributed by atoms with Gasteiger partial charge in [-0.15, -0.1) is 0 Å². The molecule has 2 aliphatic rings. The molecule has 1 aromatic carbocycles. The van der Waals surface area contributed by atoms with E-state index in [0.29, 0.717) is 29.3 Å². The van der Waals surface area contributed by atoms with Crippen molar-refractivity contribution in [1.29, 1.82) is 0 Å². The SMILES string of the molecule is COc1ccc(NC(=O)COC(=O)C(CSC)N2C(=O)C3CCCCC3C2=O)cc1Cl. The van der Waals surface area contributed by atoms with Crippen molar-refractivity contribution in [1.82, 2.24) is 4.90 Å². The Kier molecular flexibility index (Phi) is 7.83. The highest BCUT2D eigenvalue weighted by atomic mass is 35.5. The highest BCUT2D eigenvalue weighted by Gasteiger charge is 2.52. The van der Waals surface area contributed by atoms with Crippen molar-refractivity contribution in [3.05, 3.63) is 23.2 Å². The maximum Gasteiger partial charge on any atom is 0.330 e. The number of hydrogen-bond donors (Lipinski definition) is 1. The average Bonchev–Trinajstić information content (AvgIpc) is 3.01. The summed E-state index contributed by atoms with van der Waals surface area (Å²) in [5.41, 5.74) is 0.418. The Hall–Kier alpha value is -2.26. The van der Waals surface area contributed by atoms with Crippen LogP contribution in [0.4, 0.5) is 5.69 Å². The van der Waals surface area contributed by atoms with Crippen LogP contribution in [0.15, 0.2) is 18.2 Å². The molecule has 8 nitrogen and oxygen atoms in total. The van der Waals surface area contributed by atoms with Crippen molar-refractivity contribution < 1.29 is 28.7 Å². The van der Waals surface area contributed by atoms with Gasteiger partial charge in [-0.25, -0.2) is 4.79 Å². The topological polar surface area (TPSA) is 102 Å². The summed E-state index contributed by atoms with van der Waals surface area (Å²) in [6.07, 6.45) is 4.92. The van der Waals surface area contributed by atoms with Crippen molar-refractivity contribution in [2.45, 2.75) is 31.7 Å². The van der Waals surface area contributed by atoms with E-state index >= 15 is 0 Å². The number of esters is 1. The van der Waals surface area contributed by atoms with Gasteiger partial charge in [0, 0.05) is 11.4 Å². The molecule has 3 rings (SSSR count). The fourth-order valence-corrected chi connectivity index (χ4v) is 4.93. The van der Waals surface area contributed by atoms with Gasteiger partial charge in [0.1, 0.15) is 11.8 Å². The van der Waals surface area contributed by atoms with E-state index in [-0.39, 0.29) is 29.4 Å². The van der Waals surface area contributed by atoms with Crippen LogP contribution in [-0.2, 0) is 23.9 Å². The van der Waals surface area contributed by atoms with Gasteiger partial charge in [0.25, 0.3) is 5.91 Å². The van der Waals surface area contributed by atoms with E-state index < -0.39 is 24.5 Å². The van der Waals surface area contributed by atoms with Gasteiger partial charge in [-0.1, -0.05) is 24.4 Å². The number of ether oxygens (including phenoxy) is 2. The van der Waals surface area contributed by atoms with E-state index in [4.69, 9.17) is 21.1 Å². The number of rotatable bonds is 8. The van der Waals surface area contributed by atoms with Crippen LogP contribution < -0.4 is 10.1 Å². The average molecular weight is 469 g/mol. The van der Waals surface area contributed by atoms with Crippen LogP contribution in [0.3, 0.4) is 0 Å². The number of thioether (sulfide) groups is 1. The second-order valence-electron chi connectivity index (χ2n) is 7.52. The predicted octanol–water partition coefficient (Wildman–Crippen LogP) is 2.74. The highest BCUT2D eigenvalue weighted by molar-refractivity contribution is 7.98. The van der Waals surface area contributed by atoms with E-state index in [2.05, 4.69) is 5.32 Å². The lowest BCUT2D eigenvalue weighted by molar-refractivity contribution is -0.158. The number of fused-ring (bicyclic) bond motifs is 1. The molecule has 3 atom stereocenters. The number of nitrogens with zero attached hydrogens (tertiary/aromatic N) is 1. The minimum Gasteiger partial charge on any atom is -0.495 e. The summed E-state index contributed by atoms with van der Waals surface area (Å²) in [4.78, 5) is 51.6. The number of anilines is 1. The van der Waals surface area contributed by atoms with E-state index in [1.807, 2.05) is 0 Å².